The van der Waals surface area contributed by atoms with Gasteiger partial charge in [0.05, 0.1) is 5.56 Å². The number of rotatable bonds is 1. The van der Waals surface area contributed by atoms with Crippen LogP contribution in [0.25, 0.3) is 10.4 Å². The minimum atomic E-state index is -0.274. The number of nitrogen functional groups attached to an aromatic ring is 1. The molecule has 0 amide bonds. The molecule has 0 saturated carbocycles. The molecule has 4 heteroatoms. The SMILES string of the molecule is N#Cc1cc(-c2ccc(F)cc2)sc1N. The van der Waals surface area contributed by atoms with Gasteiger partial charge in [-0.2, -0.15) is 5.26 Å². The fourth-order valence-corrected chi connectivity index (χ4v) is 2.13. The summed E-state index contributed by atoms with van der Waals surface area (Å²) < 4.78 is 12.7. The third-order valence-electron chi connectivity index (χ3n) is 2.01. The molecule has 0 atom stereocenters. The third-order valence-corrected chi connectivity index (χ3v) is 3.02. The second-order valence-electron chi connectivity index (χ2n) is 3.01. The average molecular weight is 218 g/mol. The summed E-state index contributed by atoms with van der Waals surface area (Å²) in [6.45, 7) is 0. The van der Waals surface area contributed by atoms with E-state index in [0.717, 1.165) is 10.4 Å². The zero-order chi connectivity index (χ0) is 10.8. The van der Waals surface area contributed by atoms with Crippen molar-refractivity contribution in [2.45, 2.75) is 0 Å². The molecule has 2 N–H and O–H groups in total. The first-order valence-electron chi connectivity index (χ1n) is 4.26. The summed E-state index contributed by atoms with van der Waals surface area (Å²) in [5.41, 5.74) is 6.98. The summed E-state index contributed by atoms with van der Waals surface area (Å²) >= 11 is 1.33. The molecule has 2 nitrogen and oxygen atoms in total. The zero-order valence-electron chi connectivity index (χ0n) is 7.70. The van der Waals surface area contributed by atoms with Gasteiger partial charge < -0.3 is 5.73 Å². The monoisotopic (exact) mass is 218 g/mol. The minimum Gasteiger partial charge on any atom is -0.389 e. The van der Waals surface area contributed by atoms with Crippen molar-refractivity contribution in [3.05, 3.63) is 41.7 Å². The zero-order valence-corrected chi connectivity index (χ0v) is 8.51. The smallest absolute Gasteiger partial charge is 0.123 e. The number of nitriles is 1. The average Bonchev–Trinajstić information content (AvgIpc) is 2.61. The lowest BCUT2D eigenvalue weighted by molar-refractivity contribution is 0.628. The van der Waals surface area contributed by atoms with Crippen molar-refractivity contribution < 1.29 is 4.39 Å². The lowest BCUT2D eigenvalue weighted by Gasteiger charge is -1.95. The first kappa shape index (κ1) is 9.69. The summed E-state index contributed by atoms with van der Waals surface area (Å²) in [5, 5.41) is 9.24. The Balaban J connectivity index is 2.46. The highest BCUT2D eigenvalue weighted by molar-refractivity contribution is 7.19. The van der Waals surface area contributed by atoms with Crippen molar-refractivity contribution in [1.29, 1.82) is 5.26 Å². The molecule has 0 spiro atoms. The normalized spacial score (nSPS) is 9.87. The first-order valence-corrected chi connectivity index (χ1v) is 5.07. The van der Waals surface area contributed by atoms with Gasteiger partial charge in [0.15, 0.2) is 0 Å². The largest absolute Gasteiger partial charge is 0.389 e. The number of thiophene rings is 1. The number of benzene rings is 1. The molecule has 2 aromatic rings. The Morgan fingerprint density at radius 2 is 1.93 bits per heavy atom. The standard InChI is InChI=1S/C11H7FN2S/c12-9-3-1-7(2-4-9)10-5-8(6-13)11(14)15-10/h1-5H,14H2. The van der Waals surface area contributed by atoms with Crippen LogP contribution < -0.4 is 5.73 Å². The minimum absolute atomic E-state index is 0.274. The number of halogens is 1. The molecule has 0 fully saturated rings. The molecule has 0 radical (unpaired) electrons. The first-order chi connectivity index (χ1) is 7.20. The Bertz CT molecular complexity index is 523. The number of hydrogen-bond donors (Lipinski definition) is 1. The lowest BCUT2D eigenvalue weighted by Crippen LogP contribution is -1.80. The van der Waals surface area contributed by atoms with E-state index in [0.29, 0.717) is 10.6 Å². The van der Waals surface area contributed by atoms with Crippen LogP contribution in [-0.2, 0) is 0 Å². The molecule has 0 unspecified atom stereocenters. The van der Waals surface area contributed by atoms with Gasteiger partial charge in [-0.15, -0.1) is 11.3 Å². The molecule has 0 saturated heterocycles. The maximum atomic E-state index is 12.7. The fourth-order valence-electron chi connectivity index (χ4n) is 1.25. The number of nitrogens with zero attached hydrogens (tertiary/aromatic N) is 1. The van der Waals surface area contributed by atoms with Crippen LogP contribution in [0.5, 0.6) is 0 Å². The van der Waals surface area contributed by atoms with E-state index in [4.69, 9.17) is 11.0 Å². The molecular formula is C11H7FN2S. The summed E-state index contributed by atoms with van der Waals surface area (Å²) in [5.74, 6) is -0.274. The molecule has 1 aromatic carbocycles. The second-order valence-corrected chi connectivity index (χ2v) is 4.09. The second kappa shape index (κ2) is 3.71. The van der Waals surface area contributed by atoms with Gasteiger partial charge in [0, 0.05) is 4.88 Å². The fraction of sp³-hybridized carbons (Fsp3) is 0. The van der Waals surface area contributed by atoms with E-state index in [9.17, 15) is 4.39 Å². The van der Waals surface area contributed by atoms with Crippen molar-refractivity contribution >= 4 is 16.3 Å². The van der Waals surface area contributed by atoms with Gasteiger partial charge in [-0.25, -0.2) is 4.39 Å². The van der Waals surface area contributed by atoms with E-state index < -0.39 is 0 Å². The van der Waals surface area contributed by atoms with Gasteiger partial charge in [-0.1, -0.05) is 12.1 Å². The Morgan fingerprint density at radius 1 is 1.27 bits per heavy atom. The molecule has 1 aromatic heterocycles. The van der Waals surface area contributed by atoms with Gasteiger partial charge in [0.1, 0.15) is 16.9 Å². The van der Waals surface area contributed by atoms with Crippen LogP contribution in [0.3, 0.4) is 0 Å². The topological polar surface area (TPSA) is 49.8 Å². The molecule has 0 aliphatic heterocycles. The molecular weight excluding hydrogens is 211 g/mol. The highest BCUT2D eigenvalue weighted by Gasteiger charge is 2.07. The van der Waals surface area contributed by atoms with Crippen molar-refractivity contribution in [3.8, 4) is 16.5 Å². The van der Waals surface area contributed by atoms with Crippen molar-refractivity contribution in [1.82, 2.24) is 0 Å². The maximum absolute atomic E-state index is 12.7. The van der Waals surface area contributed by atoms with Crippen LogP contribution in [0.15, 0.2) is 30.3 Å². The predicted molar refractivity (Wildman–Crippen MR) is 58.8 cm³/mol. The van der Waals surface area contributed by atoms with E-state index in [1.165, 1.54) is 23.5 Å². The van der Waals surface area contributed by atoms with E-state index in [-0.39, 0.29) is 5.82 Å². The van der Waals surface area contributed by atoms with Crippen molar-refractivity contribution in [2.75, 3.05) is 5.73 Å². The van der Waals surface area contributed by atoms with E-state index >= 15 is 0 Å². The van der Waals surface area contributed by atoms with Gasteiger partial charge in [-0.05, 0) is 23.8 Å². The molecule has 0 bridgehead atoms. The summed E-state index contributed by atoms with van der Waals surface area (Å²) in [4.78, 5) is 0.879. The van der Waals surface area contributed by atoms with Crippen LogP contribution in [0, 0.1) is 17.1 Å². The molecule has 1 heterocycles. The van der Waals surface area contributed by atoms with Gasteiger partial charge in [0.25, 0.3) is 0 Å². The highest BCUT2D eigenvalue weighted by Crippen LogP contribution is 2.32. The van der Waals surface area contributed by atoms with Gasteiger partial charge >= 0.3 is 0 Å². The van der Waals surface area contributed by atoms with Crippen LogP contribution in [0.1, 0.15) is 5.56 Å². The van der Waals surface area contributed by atoms with Crippen LogP contribution >= 0.6 is 11.3 Å². The predicted octanol–water partition coefficient (Wildman–Crippen LogP) is 3.01. The highest BCUT2D eigenvalue weighted by atomic mass is 32.1. The molecule has 0 aliphatic rings. The van der Waals surface area contributed by atoms with Gasteiger partial charge in [0.2, 0.25) is 0 Å². The quantitative estimate of drug-likeness (QED) is 0.799. The molecule has 15 heavy (non-hydrogen) atoms. The van der Waals surface area contributed by atoms with E-state index in [1.54, 1.807) is 18.2 Å². The summed E-state index contributed by atoms with van der Waals surface area (Å²) in [7, 11) is 0. The summed E-state index contributed by atoms with van der Waals surface area (Å²) in [6.07, 6.45) is 0. The van der Waals surface area contributed by atoms with Crippen LogP contribution in [-0.4, -0.2) is 0 Å². The Kier molecular flexibility index (Phi) is 2.40. The molecule has 2 rings (SSSR count). The van der Waals surface area contributed by atoms with Crippen LogP contribution in [0.4, 0.5) is 9.39 Å². The van der Waals surface area contributed by atoms with Gasteiger partial charge in [-0.3, -0.25) is 0 Å². The van der Waals surface area contributed by atoms with Crippen molar-refractivity contribution in [3.63, 3.8) is 0 Å². The Labute approximate surface area is 90.4 Å². The summed E-state index contributed by atoms with van der Waals surface area (Å²) in [6, 6.07) is 9.83. The maximum Gasteiger partial charge on any atom is 0.123 e. The van der Waals surface area contributed by atoms with Crippen molar-refractivity contribution in [2.24, 2.45) is 0 Å². The lowest BCUT2D eigenvalue weighted by atomic mass is 10.1. The Morgan fingerprint density at radius 3 is 2.47 bits per heavy atom. The molecule has 0 aliphatic carbocycles. The Hall–Kier alpha value is -1.86. The van der Waals surface area contributed by atoms with E-state index in [1.807, 2.05) is 6.07 Å². The number of anilines is 1. The van der Waals surface area contributed by atoms with Crippen LogP contribution in [0.2, 0.25) is 0 Å². The van der Waals surface area contributed by atoms with E-state index in [2.05, 4.69) is 0 Å². The molecule has 74 valence electrons. The number of hydrogen-bond acceptors (Lipinski definition) is 3. The number of nitrogens with two attached hydrogens (primary N) is 1. The third kappa shape index (κ3) is 1.83.